The molecule has 1 aliphatic carbocycles. The van der Waals surface area contributed by atoms with Gasteiger partial charge in [0.2, 0.25) is 11.8 Å². The van der Waals surface area contributed by atoms with E-state index in [1.165, 1.54) is 31.2 Å². The molecular formula is C22H24ClN3O. The van der Waals surface area contributed by atoms with Crippen LogP contribution in [0.2, 0.25) is 5.02 Å². The second-order valence-electron chi connectivity index (χ2n) is 7.19. The highest BCUT2D eigenvalue weighted by molar-refractivity contribution is 6.31. The zero-order valence-electron chi connectivity index (χ0n) is 15.4. The summed E-state index contributed by atoms with van der Waals surface area (Å²) in [5, 5.41) is 9.36. The quantitative estimate of drug-likeness (QED) is 0.560. The molecule has 1 heterocycles. The summed E-state index contributed by atoms with van der Waals surface area (Å²) in [7, 11) is 0. The van der Waals surface area contributed by atoms with Crippen molar-refractivity contribution in [3.05, 3.63) is 82.5 Å². The van der Waals surface area contributed by atoms with E-state index in [2.05, 4.69) is 33.3 Å². The van der Waals surface area contributed by atoms with Gasteiger partial charge in [-0.25, -0.2) is 0 Å². The third-order valence-electron chi connectivity index (χ3n) is 5.22. The van der Waals surface area contributed by atoms with E-state index in [9.17, 15) is 0 Å². The van der Waals surface area contributed by atoms with Crippen molar-refractivity contribution >= 4 is 11.6 Å². The van der Waals surface area contributed by atoms with Gasteiger partial charge in [0.05, 0.1) is 13.0 Å². The van der Waals surface area contributed by atoms with E-state index in [-0.39, 0.29) is 0 Å². The minimum atomic E-state index is 0.547. The number of rotatable bonds is 7. The van der Waals surface area contributed by atoms with Crippen LogP contribution in [0.5, 0.6) is 0 Å². The predicted octanol–water partition coefficient (Wildman–Crippen LogP) is 5.26. The smallest absolute Gasteiger partial charge is 0.230 e. The van der Waals surface area contributed by atoms with Crippen LogP contribution >= 0.6 is 11.6 Å². The fourth-order valence-electron chi connectivity index (χ4n) is 3.80. The van der Waals surface area contributed by atoms with Gasteiger partial charge in [0.1, 0.15) is 0 Å². The molecular weight excluding hydrogens is 358 g/mol. The molecule has 0 aliphatic heterocycles. The lowest BCUT2D eigenvalue weighted by atomic mass is 10.1. The Labute approximate surface area is 165 Å². The lowest BCUT2D eigenvalue weighted by Gasteiger charge is -2.27. The third kappa shape index (κ3) is 4.76. The van der Waals surface area contributed by atoms with Gasteiger partial charge < -0.3 is 4.42 Å². The molecule has 27 heavy (non-hydrogen) atoms. The normalized spacial score (nSPS) is 14.9. The molecule has 0 radical (unpaired) electrons. The lowest BCUT2D eigenvalue weighted by molar-refractivity contribution is 0.163. The summed E-state index contributed by atoms with van der Waals surface area (Å²) in [6, 6.07) is 18.8. The molecule has 5 heteroatoms. The van der Waals surface area contributed by atoms with E-state index in [1.807, 2.05) is 36.4 Å². The highest BCUT2D eigenvalue weighted by Crippen LogP contribution is 2.28. The van der Waals surface area contributed by atoms with E-state index >= 15 is 0 Å². The van der Waals surface area contributed by atoms with Gasteiger partial charge in [-0.15, -0.1) is 10.2 Å². The van der Waals surface area contributed by atoms with Crippen molar-refractivity contribution in [2.45, 2.75) is 51.2 Å². The first-order valence-electron chi connectivity index (χ1n) is 9.60. The van der Waals surface area contributed by atoms with E-state index in [0.29, 0.717) is 30.8 Å². The largest absolute Gasteiger partial charge is 0.424 e. The zero-order chi connectivity index (χ0) is 18.5. The highest BCUT2D eigenvalue weighted by Gasteiger charge is 2.25. The van der Waals surface area contributed by atoms with Crippen LogP contribution < -0.4 is 0 Å². The van der Waals surface area contributed by atoms with E-state index in [0.717, 1.165) is 17.1 Å². The van der Waals surface area contributed by atoms with Gasteiger partial charge in [-0.05, 0) is 30.0 Å². The Kier molecular flexibility index (Phi) is 5.85. The number of hydrogen-bond donors (Lipinski definition) is 0. The fraction of sp³-hybridized carbons (Fsp3) is 0.364. The van der Waals surface area contributed by atoms with Crippen LogP contribution in [0.1, 0.15) is 48.6 Å². The van der Waals surface area contributed by atoms with Gasteiger partial charge in [-0.2, -0.15) is 0 Å². The molecule has 4 nitrogen and oxygen atoms in total. The number of halogens is 1. The first-order valence-corrected chi connectivity index (χ1v) is 9.98. The maximum Gasteiger partial charge on any atom is 0.230 e. The Morgan fingerprint density at radius 2 is 1.59 bits per heavy atom. The molecule has 0 bridgehead atoms. The monoisotopic (exact) mass is 381 g/mol. The van der Waals surface area contributed by atoms with Crippen LogP contribution in [0, 0.1) is 0 Å². The van der Waals surface area contributed by atoms with Gasteiger partial charge in [0, 0.05) is 17.6 Å². The van der Waals surface area contributed by atoms with Gasteiger partial charge in [-0.1, -0.05) is 73.0 Å². The molecule has 0 saturated heterocycles. The Morgan fingerprint density at radius 1 is 0.889 bits per heavy atom. The van der Waals surface area contributed by atoms with Crippen molar-refractivity contribution in [2.75, 3.05) is 0 Å². The second-order valence-corrected chi connectivity index (χ2v) is 7.59. The maximum atomic E-state index is 6.39. The molecule has 1 aliphatic rings. The highest BCUT2D eigenvalue weighted by atomic mass is 35.5. The van der Waals surface area contributed by atoms with Crippen LogP contribution in [0.3, 0.4) is 0 Å². The van der Waals surface area contributed by atoms with E-state index < -0.39 is 0 Å². The van der Waals surface area contributed by atoms with Crippen molar-refractivity contribution in [3.8, 4) is 0 Å². The SMILES string of the molecule is Clc1ccccc1CN(Cc1nnc(Cc2ccccc2)o1)C1CCCC1. The number of hydrogen-bond acceptors (Lipinski definition) is 4. The Morgan fingerprint density at radius 3 is 2.37 bits per heavy atom. The van der Waals surface area contributed by atoms with Crippen LogP contribution in [0.15, 0.2) is 59.0 Å². The lowest BCUT2D eigenvalue weighted by Crippen LogP contribution is -2.32. The van der Waals surface area contributed by atoms with Gasteiger partial charge in [0.15, 0.2) is 0 Å². The predicted molar refractivity (Wildman–Crippen MR) is 107 cm³/mol. The number of aromatic nitrogens is 2. The summed E-state index contributed by atoms with van der Waals surface area (Å²) in [6.45, 7) is 1.47. The summed E-state index contributed by atoms with van der Waals surface area (Å²) in [5.74, 6) is 1.35. The maximum absolute atomic E-state index is 6.39. The molecule has 0 N–H and O–H groups in total. The van der Waals surface area contributed by atoms with Crippen LogP contribution in [0.4, 0.5) is 0 Å². The molecule has 1 saturated carbocycles. The molecule has 0 spiro atoms. The standard InChI is InChI=1S/C22H24ClN3O/c23-20-13-7-4-10-18(20)15-26(19-11-5-6-12-19)16-22-25-24-21(27-22)14-17-8-2-1-3-9-17/h1-4,7-10,13,19H,5-6,11-12,14-16H2. The summed E-state index contributed by atoms with van der Waals surface area (Å²) >= 11 is 6.39. The van der Waals surface area contributed by atoms with E-state index in [4.69, 9.17) is 16.0 Å². The summed E-state index contributed by atoms with van der Waals surface area (Å²) in [4.78, 5) is 2.44. The summed E-state index contributed by atoms with van der Waals surface area (Å²) < 4.78 is 5.95. The second kappa shape index (κ2) is 8.68. The summed E-state index contributed by atoms with van der Waals surface area (Å²) in [6.07, 6.45) is 5.67. The number of benzene rings is 2. The summed E-state index contributed by atoms with van der Waals surface area (Å²) in [5.41, 5.74) is 2.33. The molecule has 1 fully saturated rings. The molecule has 0 atom stereocenters. The molecule has 1 aromatic heterocycles. The van der Waals surface area contributed by atoms with Crippen molar-refractivity contribution < 1.29 is 4.42 Å². The van der Waals surface area contributed by atoms with Crippen molar-refractivity contribution in [2.24, 2.45) is 0 Å². The minimum Gasteiger partial charge on any atom is -0.424 e. The van der Waals surface area contributed by atoms with Crippen molar-refractivity contribution in [1.82, 2.24) is 15.1 Å². The van der Waals surface area contributed by atoms with Crippen molar-refractivity contribution in [3.63, 3.8) is 0 Å². The van der Waals surface area contributed by atoms with Crippen LogP contribution in [0.25, 0.3) is 0 Å². The zero-order valence-corrected chi connectivity index (χ0v) is 16.1. The molecule has 140 valence electrons. The fourth-order valence-corrected chi connectivity index (χ4v) is 3.99. The molecule has 2 aromatic carbocycles. The van der Waals surface area contributed by atoms with Crippen LogP contribution in [-0.4, -0.2) is 21.1 Å². The van der Waals surface area contributed by atoms with Gasteiger partial charge in [-0.3, -0.25) is 4.90 Å². The average molecular weight is 382 g/mol. The van der Waals surface area contributed by atoms with Gasteiger partial charge >= 0.3 is 0 Å². The molecule has 0 unspecified atom stereocenters. The first-order chi connectivity index (χ1) is 13.3. The van der Waals surface area contributed by atoms with Crippen molar-refractivity contribution in [1.29, 1.82) is 0 Å². The minimum absolute atomic E-state index is 0.547. The van der Waals surface area contributed by atoms with E-state index in [1.54, 1.807) is 0 Å². The molecule has 4 rings (SSSR count). The first kappa shape index (κ1) is 18.2. The Balaban J connectivity index is 1.47. The third-order valence-corrected chi connectivity index (χ3v) is 5.59. The topological polar surface area (TPSA) is 42.2 Å². The average Bonchev–Trinajstić information content (AvgIpc) is 3.36. The Bertz CT molecular complexity index is 859. The number of nitrogens with zero attached hydrogens (tertiary/aromatic N) is 3. The Hall–Kier alpha value is -2.17. The molecule has 0 amide bonds. The van der Waals surface area contributed by atoms with Gasteiger partial charge in [0.25, 0.3) is 0 Å². The molecule has 3 aromatic rings. The van der Waals surface area contributed by atoms with Crippen LogP contribution in [-0.2, 0) is 19.5 Å².